The Labute approximate surface area is 185 Å². The first kappa shape index (κ1) is 23.1. The van der Waals surface area contributed by atoms with E-state index in [2.05, 4.69) is 85.8 Å². The minimum absolute atomic E-state index is 0.0113. The molecule has 0 amide bonds. The molecule has 162 valence electrons. The highest BCUT2D eigenvalue weighted by molar-refractivity contribution is 7.85. The Balaban J connectivity index is 1.86. The van der Waals surface area contributed by atoms with E-state index >= 15 is 0 Å². The molecular formula is C25H35NO2SSi. The molecule has 1 aliphatic rings. The van der Waals surface area contributed by atoms with Gasteiger partial charge in [-0.15, -0.1) is 0 Å². The third-order valence-corrected chi connectivity index (χ3v) is 12.2. The fourth-order valence-corrected chi connectivity index (χ4v) is 9.37. The zero-order valence-electron chi connectivity index (χ0n) is 19.1. The van der Waals surface area contributed by atoms with Gasteiger partial charge in [0.25, 0.3) is 8.32 Å². The lowest BCUT2D eigenvalue weighted by atomic mass is 9.84. The van der Waals surface area contributed by atoms with Gasteiger partial charge in [0.2, 0.25) is 0 Å². The van der Waals surface area contributed by atoms with Crippen LogP contribution in [0.25, 0.3) is 0 Å². The van der Waals surface area contributed by atoms with Crippen molar-refractivity contribution < 1.29 is 8.63 Å². The molecule has 0 unspecified atom stereocenters. The van der Waals surface area contributed by atoms with Crippen LogP contribution >= 0.6 is 0 Å². The molecule has 0 spiro atoms. The fraction of sp³-hybridized carbons (Fsp3) is 0.480. The van der Waals surface area contributed by atoms with Gasteiger partial charge in [-0.2, -0.15) is 4.40 Å². The number of hydrogen-bond donors (Lipinski definition) is 0. The van der Waals surface area contributed by atoms with Gasteiger partial charge in [0.15, 0.2) is 0 Å². The first-order chi connectivity index (χ1) is 14.0. The number of rotatable bonds is 6. The molecule has 3 rings (SSSR count). The van der Waals surface area contributed by atoms with Crippen LogP contribution in [0, 0.1) is 5.92 Å². The average molecular weight is 442 g/mol. The lowest BCUT2D eigenvalue weighted by Crippen LogP contribution is -2.68. The first-order valence-electron chi connectivity index (χ1n) is 10.8. The third kappa shape index (κ3) is 4.84. The van der Waals surface area contributed by atoms with Crippen LogP contribution in [0.4, 0.5) is 0 Å². The summed E-state index contributed by atoms with van der Waals surface area (Å²) in [5.74, 6) is 0.347. The Morgan fingerprint density at radius 2 is 1.37 bits per heavy atom. The van der Waals surface area contributed by atoms with Crippen LogP contribution in [0.15, 0.2) is 65.1 Å². The summed E-state index contributed by atoms with van der Waals surface area (Å²) in [6.07, 6.45) is 3.98. The molecule has 1 aliphatic carbocycles. The molecule has 2 aromatic carbocycles. The molecule has 2 aromatic rings. The minimum atomic E-state index is -2.49. The first-order valence-corrected chi connectivity index (χ1v) is 13.8. The lowest BCUT2D eigenvalue weighted by molar-refractivity contribution is 0.0859. The smallest absolute Gasteiger partial charge is 0.261 e. The lowest BCUT2D eigenvalue weighted by Gasteiger charge is -2.48. The molecule has 0 saturated heterocycles. The van der Waals surface area contributed by atoms with Crippen molar-refractivity contribution in [3.05, 3.63) is 60.7 Å². The highest BCUT2D eigenvalue weighted by Crippen LogP contribution is 2.41. The molecule has 3 nitrogen and oxygen atoms in total. The molecule has 30 heavy (non-hydrogen) atoms. The normalized spacial score (nSPS) is 21.4. The van der Waals surface area contributed by atoms with Crippen LogP contribution in [-0.2, 0) is 15.4 Å². The number of benzene rings is 2. The van der Waals surface area contributed by atoms with Crippen LogP contribution in [0.2, 0.25) is 5.04 Å². The molecule has 5 heteroatoms. The molecular weight excluding hydrogens is 406 g/mol. The molecule has 0 aromatic heterocycles. The van der Waals surface area contributed by atoms with E-state index < -0.39 is 19.3 Å². The van der Waals surface area contributed by atoms with Crippen LogP contribution in [0.1, 0.15) is 54.4 Å². The zero-order valence-corrected chi connectivity index (χ0v) is 20.9. The van der Waals surface area contributed by atoms with Gasteiger partial charge in [0, 0.05) is 12.3 Å². The average Bonchev–Trinajstić information content (AvgIpc) is 2.66. The summed E-state index contributed by atoms with van der Waals surface area (Å²) in [5, 5.41) is 2.62. The summed E-state index contributed by atoms with van der Waals surface area (Å²) < 4.78 is 23.3. The molecule has 1 fully saturated rings. The summed E-state index contributed by atoms with van der Waals surface area (Å²) in [4.78, 5) is 0. The molecule has 1 saturated carbocycles. The van der Waals surface area contributed by atoms with E-state index in [1.165, 1.54) is 10.4 Å². The van der Waals surface area contributed by atoms with Gasteiger partial charge in [-0.05, 0) is 54.9 Å². The van der Waals surface area contributed by atoms with Gasteiger partial charge in [-0.3, -0.25) is 0 Å². The van der Waals surface area contributed by atoms with E-state index in [1.807, 2.05) is 27.0 Å². The summed E-state index contributed by atoms with van der Waals surface area (Å²) in [5.41, 5.74) is 0. The van der Waals surface area contributed by atoms with E-state index in [-0.39, 0.29) is 15.9 Å². The summed E-state index contributed by atoms with van der Waals surface area (Å²) in [7, 11) is -3.68. The largest absolute Gasteiger partial charge is 0.404 e. The van der Waals surface area contributed by atoms with E-state index in [1.54, 1.807) is 0 Å². The van der Waals surface area contributed by atoms with Gasteiger partial charge < -0.3 is 4.43 Å². The minimum Gasteiger partial charge on any atom is -0.404 e. The topological polar surface area (TPSA) is 38.7 Å². The van der Waals surface area contributed by atoms with E-state index in [0.29, 0.717) is 5.92 Å². The monoisotopic (exact) mass is 441 g/mol. The molecule has 0 N–H and O–H groups in total. The predicted octanol–water partition coefficient (Wildman–Crippen LogP) is 4.87. The van der Waals surface area contributed by atoms with Crippen molar-refractivity contribution in [3.8, 4) is 0 Å². The number of nitrogens with zero attached hydrogens (tertiary/aromatic N) is 1. The Bertz CT molecular complexity index is 839. The van der Waals surface area contributed by atoms with Gasteiger partial charge in [0.05, 0.1) is 4.75 Å². The summed E-state index contributed by atoms with van der Waals surface area (Å²) in [6, 6.07) is 21.5. The zero-order chi connectivity index (χ0) is 22.0. The fourth-order valence-electron chi connectivity index (χ4n) is 4.06. The summed E-state index contributed by atoms with van der Waals surface area (Å²) >= 11 is 0. The maximum Gasteiger partial charge on any atom is 0.261 e. The molecule has 0 bridgehead atoms. The quantitative estimate of drug-likeness (QED) is 0.474. The van der Waals surface area contributed by atoms with Crippen LogP contribution < -0.4 is 10.4 Å². The van der Waals surface area contributed by atoms with Gasteiger partial charge in [0.1, 0.15) is 11.0 Å². The molecule has 0 radical (unpaired) electrons. The third-order valence-electron chi connectivity index (χ3n) is 5.78. The van der Waals surface area contributed by atoms with Crippen molar-refractivity contribution in [2.45, 2.75) is 70.3 Å². The van der Waals surface area contributed by atoms with Crippen LogP contribution in [-0.4, -0.2) is 29.6 Å². The van der Waals surface area contributed by atoms with Crippen molar-refractivity contribution in [2.24, 2.45) is 10.3 Å². The van der Waals surface area contributed by atoms with Crippen LogP contribution in [0.3, 0.4) is 0 Å². The van der Waals surface area contributed by atoms with Crippen LogP contribution in [0.5, 0.6) is 0 Å². The predicted molar refractivity (Wildman–Crippen MR) is 132 cm³/mol. The van der Waals surface area contributed by atoms with E-state index in [9.17, 15) is 4.21 Å². The van der Waals surface area contributed by atoms with E-state index in [0.717, 1.165) is 12.8 Å². The Morgan fingerprint density at radius 1 is 0.900 bits per heavy atom. The standard InChI is InChI=1S/C25H35NO2SSi/c1-24(2,3)29(27)26-19-20-17-21(18-20)28-30(25(4,5)6,22-13-9-7-10-14-22)23-15-11-8-12-16-23/h7-16,19-21H,17-18H2,1-6H3/b26-19+/t20?,21?,29-/m0/s1. The highest BCUT2D eigenvalue weighted by atomic mass is 32.2. The highest BCUT2D eigenvalue weighted by Gasteiger charge is 2.52. The van der Waals surface area contributed by atoms with E-state index in [4.69, 9.17) is 4.43 Å². The van der Waals surface area contributed by atoms with Gasteiger partial charge in [-0.25, -0.2) is 4.21 Å². The van der Waals surface area contributed by atoms with Crippen molar-refractivity contribution in [2.75, 3.05) is 0 Å². The Morgan fingerprint density at radius 3 is 1.77 bits per heavy atom. The van der Waals surface area contributed by atoms with Crippen molar-refractivity contribution >= 4 is 35.9 Å². The molecule has 0 heterocycles. The number of hydrogen-bond acceptors (Lipinski definition) is 2. The van der Waals surface area contributed by atoms with Crippen molar-refractivity contribution in [1.29, 1.82) is 0 Å². The maximum absolute atomic E-state index is 12.2. The maximum atomic E-state index is 12.2. The Kier molecular flexibility index (Phi) is 6.85. The second kappa shape index (κ2) is 8.89. The van der Waals surface area contributed by atoms with Crippen molar-refractivity contribution in [1.82, 2.24) is 0 Å². The second-order valence-corrected chi connectivity index (χ2v) is 16.4. The second-order valence-electron chi connectivity index (χ2n) is 10.3. The van der Waals surface area contributed by atoms with Gasteiger partial charge >= 0.3 is 0 Å². The molecule has 1 atom stereocenters. The van der Waals surface area contributed by atoms with Crippen molar-refractivity contribution in [3.63, 3.8) is 0 Å². The molecule has 0 aliphatic heterocycles. The Hall–Kier alpha value is -1.56. The summed E-state index contributed by atoms with van der Waals surface area (Å²) in [6.45, 7) is 12.8. The van der Waals surface area contributed by atoms with Gasteiger partial charge in [-0.1, -0.05) is 81.4 Å². The SMILES string of the molecule is CC(C)(C)[S@](=O)/N=C/C1CC(O[Si](c2ccccc2)(c2ccccc2)C(C)(C)C)C1.